The number of methoxy groups -OCH3 is 1. The number of hydrogen-bond donors (Lipinski definition) is 0. The van der Waals surface area contributed by atoms with Crippen LogP contribution in [0.25, 0.3) is 0 Å². The lowest BCUT2D eigenvalue weighted by molar-refractivity contribution is 0.0473. The molecule has 0 amide bonds. The lowest BCUT2D eigenvalue weighted by Crippen LogP contribution is -2.16. The molecule has 7 heteroatoms. The molecule has 0 radical (unpaired) electrons. The highest BCUT2D eigenvalue weighted by atomic mass is 32.1. The van der Waals surface area contributed by atoms with Crippen LogP contribution in [0.4, 0.5) is 0 Å². The Morgan fingerprint density at radius 3 is 2.33 bits per heavy atom. The molecular weight excluding hydrogens is 400 g/mol. The van der Waals surface area contributed by atoms with Crippen LogP contribution in [0.3, 0.4) is 0 Å². The average molecular weight is 429 g/mol. The molecule has 0 unspecified atom stereocenters. The van der Waals surface area contributed by atoms with E-state index in [2.05, 4.69) is 10.6 Å². The molecule has 0 spiro atoms. The molecule has 0 aliphatic rings. The first-order valence-electron chi connectivity index (χ1n) is 9.88. The number of Topliss-reactive ketones (excluding diaryl/α,β-unsaturated/α-hetero) is 1. The standard InChI is InChI=1S/C23H28N2O4S/c1-15-11-20(17(3)24(15)8-9-28-5)22(26)14-29-23(27)21-12-16(2)25(18(21)4)13-19-7-6-10-30-19/h6-7,10-12H,8-9,13-14H2,1-5H3. The lowest BCUT2D eigenvalue weighted by atomic mass is 10.1. The molecule has 3 heterocycles. The number of ether oxygens (including phenoxy) is 2. The maximum absolute atomic E-state index is 12.7. The van der Waals surface area contributed by atoms with Gasteiger partial charge < -0.3 is 18.6 Å². The number of esters is 1. The fraction of sp³-hybridized carbons (Fsp3) is 0.391. The van der Waals surface area contributed by atoms with E-state index in [4.69, 9.17) is 9.47 Å². The minimum Gasteiger partial charge on any atom is -0.454 e. The number of ketones is 1. The topological polar surface area (TPSA) is 62.5 Å². The molecule has 0 aromatic carbocycles. The van der Waals surface area contributed by atoms with E-state index in [1.807, 2.05) is 55.8 Å². The van der Waals surface area contributed by atoms with Gasteiger partial charge in [0, 0.05) is 46.9 Å². The summed E-state index contributed by atoms with van der Waals surface area (Å²) in [6.45, 7) is 9.41. The summed E-state index contributed by atoms with van der Waals surface area (Å²) in [6, 6.07) is 7.75. The van der Waals surface area contributed by atoms with Crippen molar-refractivity contribution in [2.75, 3.05) is 20.3 Å². The molecule has 3 rings (SSSR count). The summed E-state index contributed by atoms with van der Waals surface area (Å²) in [7, 11) is 1.65. The number of aryl methyl sites for hydroxylation is 2. The summed E-state index contributed by atoms with van der Waals surface area (Å²) in [5.74, 6) is -0.672. The third kappa shape index (κ3) is 4.57. The zero-order valence-electron chi connectivity index (χ0n) is 18.2. The molecule has 0 saturated carbocycles. The Hall–Kier alpha value is -2.64. The quantitative estimate of drug-likeness (QED) is 0.376. The van der Waals surface area contributed by atoms with Gasteiger partial charge in [0.1, 0.15) is 0 Å². The molecule has 0 atom stereocenters. The first-order valence-corrected chi connectivity index (χ1v) is 10.8. The second kappa shape index (κ2) is 9.45. The summed E-state index contributed by atoms with van der Waals surface area (Å²) >= 11 is 1.68. The molecule has 30 heavy (non-hydrogen) atoms. The van der Waals surface area contributed by atoms with Crippen LogP contribution in [-0.2, 0) is 22.6 Å². The summed E-state index contributed by atoms with van der Waals surface area (Å²) in [5, 5.41) is 2.04. The van der Waals surface area contributed by atoms with E-state index in [-0.39, 0.29) is 12.4 Å². The normalized spacial score (nSPS) is 11.1. The monoisotopic (exact) mass is 428 g/mol. The maximum atomic E-state index is 12.7. The zero-order valence-corrected chi connectivity index (χ0v) is 19.0. The first-order chi connectivity index (χ1) is 14.3. The molecule has 0 aliphatic heterocycles. The van der Waals surface area contributed by atoms with Crippen LogP contribution in [-0.4, -0.2) is 41.2 Å². The zero-order chi connectivity index (χ0) is 21.8. The van der Waals surface area contributed by atoms with Gasteiger partial charge in [0.15, 0.2) is 6.61 Å². The fourth-order valence-corrected chi connectivity index (χ4v) is 4.40. The van der Waals surface area contributed by atoms with E-state index in [0.29, 0.717) is 24.3 Å². The minimum atomic E-state index is -0.470. The van der Waals surface area contributed by atoms with E-state index in [1.54, 1.807) is 18.4 Å². The Balaban J connectivity index is 1.68. The van der Waals surface area contributed by atoms with Crippen molar-refractivity contribution in [3.05, 3.63) is 68.4 Å². The van der Waals surface area contributed by atoms with Crippen molar-refractivity contribution in [3.8, 4) is 0 Å². The van der Waals surface area contributed by atoms with Crippen molar-refractivity contribution in [3.63, 3.8) is 0 Å². The van der Waals surface area contributed by atoms with E-state index >= 15 is 0 Å². The smallest absolute Gasteiger partial charge is 0.340 e. The summed E-state index contributed by atoms with van der Waals surface area (Å²) < 4.78 is 14.6. The molecule has 160 valence electrons. The van der Waals surface area contributed by atoms with Gasteiger partial charge in [-0.15, -0.1) is 11.3 Å². The van der Waals surface area contributed by atoms with Gasteiger partial charge in [0.2, 0.25) is 5.78 Å². The van der Waals surface area contributed by atoms with Gasteiger partial charge in [0.05, 0.1) is 18.7 Å². The highest BCUT2D eigenvalue weighted by molar-refractivity contribution is 7.09. The van der Waals surface area contributed by atoms with Gasteiger partial charge in [-0.25, -0.2) is 4.79 Å². The Morgan fingerprint density at radius 2 is 1.67 bits per heavy atom. The predicted octanol–water partition coefficient (Wildman–Crippen LogP) is 4.32. The van der Waals surface area contributed by atoms with Crippen LogP contribution in [0.2, 0.25) is 0 Å². The van der Waals surface area contributed by atoms with E-state index in [0.717, 1.165) is 29.3 Å². The molecule has 3 aromatic heterocycles. The molecule has 6 nitrogen and oxygen atoms in total. The summed E-state index contributed by atoms with van der Waals surface area (Å²) in [6.07, 6.45) is 0. The average Bonchev–Trinajstić information content (AvgIpc) is 3.40. The number of thiophene rings is 1. The van der Waals surface area contributed by atoms with Gasteiger partial charge in [-0.1, -0.05) is 6.07 Å². The third-order valence-electron chi connectivity index (χ3n) is 5.42. The number of hydrogen-bond acceptors (Lipinski definition) is 5. The molecular formula is C23H28N2O4S. The second-order valence-corrected chi connectivity index (χ2v) is 8.41. The number of nitrogens with zero attached hydrogens (tertiary/aromatic N) is 2. The summed E-state index contributed by atoms with van der Waals surface area (Å²) in [4.78, 5) is 26.6. The van der Waals surface area contributed by atoms with Crippen molar-refractivity contribution in [2.24, 2.45) is 0 Å². The molecule has 0 aliphatic carbocycles. The number of carbonyl (C=O) groups excluding carboxylic acids is 2. The Morgan fingerprint density at radius 1 is 1.00 bits per heavy atom. The van der Waals surface area contributed by atoms with Gasteiger partial charge in [-0.2, -0.15) is 0 Å². The van der Waals surface area contributed by atoms with Crippen molar-refractivity contribution >= 4 is 23.1 Å². The van der Waals surface area contributed by atoms with Crippen LogP contribution >= 0.6 is 11.3 Å². The first kappa shape index (κ1) is 22.1. The van der Waals surface area contributed by atoms with Gasteiger partial charge >= 0.3 is 5.97 Å². The van der Waals surface area contributed by atoms with Gasteiger partial charge in [0.25, 0.3) is 0 Å². The minimum absolute atomic E-state index is 0.201. The summed E-state index contributed by atoms with van der Waals surface area (Å²) in [5.41, 5.74) is 4.76. The lowest BCUT2D eigenvalue weighted by Gasteiger charge is -2.09. The van der Waals surface area contributed by atoms with Gasteiger partial charge in [-0.05, 0) is 51.3 Å². The van der Waals surface area contributed by atoms with Crippen molar-refractivity contribution < 1.29 is 19.1 Å². The van der Waals surface area contributed by atoms with Crippen LogP contribution in [0.15, 0.2) is 29.6 Å². The van der Waals surface area contributed by atoms with Crippen molar-refractivity contribution in [1.29, 1.82) is 0 Å². The Labute approximate surface area is 181 Å². The molecule has 0 bridgehead atoms. The van der Waals surface area contributed by atoms with E-state index in [1.165, 1.54) is 4.88 Å². The van der Waals surface area contributed by atoms with Crippen molar-refractivity contribution in [2.45, 2.75) is 40.8 Å². The Kier molecular flexibility index (Phi) is 6.95. The van der Waals surface area contributed by atoms with E-state index < -0.39 is 5.97 Å². The van der Waals surface area contributed by atoms with E-state index in [9.17, 15) is 9.59 Å². The highest BCUT2D eigenvalue weighted by Gasteiger charge is 2.21. The van der Waals surface area contributed by atoms with Crippen LogP contribution in [0.5, 0.6) is 0 Å². The predicted molar refractivity (Wildman–Crippen MR) is 118 cm³/mol. The number of aromatic nitrogens is 2. The number of carbonyl (C=O) groups is 2. The Bertz CT molecular complexity index is 1040. The third-order valence-corrected chi connectivity index (χ3v) is 6.28. The van der Waals surface area contributed by atoms with Crippen LogP contribution in [0.1, 0.15) is 48.4 Å². The van der Waals surface area contributed by atoms with Crippen LogP contribution in [0, 0.1) is 27.7 Å². The van der Waals surface area contributed by atoms with Gasteiger partial charge in [-0.3, -0.25) is 4.79 Å². The highest BCUT2D eigenvalue weighted by Crippen LogP contribution is 2.21. The van der Waals surface area contributed by atoms with Crippen LogP contribution < -0.4 is 0 Å². The largest absolute Gasteiger partial charge is 0.454 e. The second-order valence-electron chi connectivity index (χ2n) is 7.38. The molecule has 0 N–H and O–H groups in total. The SMILES string of the molecule is COCCn1c(C)cc(C(=O)COC(=O)c2cc(C)n(Cc3cccs3)c2C)c1C. The maximum Gasteiger partial charge on any atom is 0.340 e. The molecule has 0 fully saturated rings. The van der Waals surface area contributed by atoms with Crippen molar-refractivity contribution in [1.82, 2.24) is 9.13 Å². The fourth-order valence-electron chi connectivity index (χ4n) is 3.71. The molecule has 3 aromatic rings. The molecule has 0 saturated heterocycles. The number of rotatable bonds is 9.